The minimum absolute atomic E-state index is 0.0565. The fraction of sp³-hybridized carbons (Fsp3) is 0.167. The first kappa shape index (κ1) is 17.5. The predicted octanol–water partition coefficient (Wildman–Crippen LogP) is 1.60. The summed E-state index contributed by atoms with van der Waals surface area (Å²) in [4.78, 5) is 25.7. The van der Waals surface area contributed by atoms with Crippen molar-refractivity contribution in [1.29, 1.82) is 0 Å². The van der Waals surface area contributed by atoms with E-state index < -0.39 is 17.8 Å². The van der Waals surface area contributed by atoms with Crippen LogP contribution in [0.5, 0.6) is 5.75 Å². The van der Waals surface area contributed by atoms with Crippen LogP contribution in [0.15, 0.2) is 58.3 Å². The highest BCUT2D eigenvalue weighted by Crippen LogP contribution is 2.37. The first-order chi connectivity index (χ1) is 13.6. The summed E-state index contributed by atoms with van der Waals surface area (Å²) in [6.07, 6.45) is 1.38. The Hall–Kier alpha value is -3.95. The van der Waals surface area contributed by atoms with Gasteiger partial charge in [-0.2, -0.15) is 4.68 Å². The second-order valence-electron chi connectivity index (χ2n) is 5.84. The number of carbonyl (C=O) groups is 2. The van der Waals surface area contributed by atoms with Gasteiger partial charge in [0, 0.05) is 0 Å². The Morgan fingerprint density at radius 1 is 1.21 bits per heavy atom. The summed E-state index contributed by atoms with van der Waals surface area (Å²) in [5, 5.41) is 14.3. The number of nitrogens with zero attached hydrogens (tertiary/aromatic N) is 4. The van der Waals surface area contributed by atoms with Crippen LogP contribution in [0.25, 0.3) is 0 Å². The molecule has 1 N–H and O–H groups in total. The minimum Gasteiger partial charge on any atom is -0.497 e. The molecule has 1 atom stereocenters. The van der Waals surface area contributed by atoms with Gasteiger partial charge in [-0.05, 0) is 40.3 Å². The number of rotatable bonds is 5. The van der Waals surface area contributed by atoms with E-state index in [-0.39, 0.29) is 23.0 Å². The molecule has 142 valence electrons. The number of anilines is 1. The number of ketones is 1. The second-order valence-corrected chi connectivity index (χ2v) is 5.84. The molecule has 0 bridgehead atoms. The van der Waals surface area contributed by atoms with Gasteiger partial charge < -0.3 is 19.2 Å². The zero-order valence-electron chi connectivity index (χ0n) is 14.9. The monoisotopic (exact) mass is 381 g/mol. The maximum atomic E-state index is 13.2. The molecule has 2 aromatic heterocycles. The Morgan fingerprint density at radius 2 is 2.07 bits per heavy atom. The second kappa shape index (κ2) is 6.99. The number of nitrogens with one attached hydrogen (secondary N) is 1. The third-order valence-corrected chi connectivity index (χ3v) is 4.31. The lowest BCUT2D eigenvalue weighted by Crippen LogP contribution is -2.32. The molecule has 1 aliphatic heterocycles. The largest absolute Gasteiger partial charge is 0.497 e. The maximum absolute atomic E-state index is 13.2. The minimum atomic E-state index is -0.798. The van der Waals surface area contributed by atoms with Crippen LogP contribution in [0.2, 0.25) is 0 Å². The third-order valence-electron chi connectivity index (χ3n) is 4.31. The number of benzene rings is 1. The Bertz CT molecular complexity index is 1070. The van der Waals surface area contributed by atoms with Crippen LogP contribution < -0.4 is 10.1 Å². The van der Waals surface area contributed by atoms with Crippen molar-refractivity contribution in [2.24, 2.45) is 0 Å². The van der Waals surface area contributed by atoms with Gasteiger partial charge in [-0.1, -0.05) is 17.2 Å². The number of Topliss-reactive ketones (excluding diaryl/α,β-unsaturated/α-hetero) is 1. The molecule has 28 heavy (non-hydrogen) atoms. The van der Waals surface area contributed by atoms with Crippen LogP contribution in [0.3, 0.4) is 0 Å². The van der Waals surface area contributed by atoms with E-state index in [9.17, 15) is 9.59 Å². The molecular weight excluding hydrogens is 366 g/mol. The maximum Gasteiger partial charge on any atom is 0.355 e. The fourth-order valence-corrected chi connectivity index (χ4v) is 3.05. The summed E-state index contributed by atoms with van der Waals surface area (Å²) in [5.74, 6) is -0.370. The van der Waals surface area contributed by atoms with E-state index in [1.54, 1.807) is 30.3 Å². The van der Waals surface area contributed by atoms with Gasteiger partial charge in [0.25, 0.3) is 0 Å². The van der Waals surface area contributed by atoms with Crippen LogP contribution in [0.1, 0.15) is 22.2 Å². The number of aromatic nitrogens is 4. The molecule has 1 aromatic carbocycles. The number of allylic oxidation sites excluding steroid dienone is 1. The number of hydrogen-bond donors (Lipinski definition) is 1. The van der Waals surface area contributed by atoms with Gasteiger partial charge in [0.2, 0.25) is 11.7 Å². The molecular formula is C18H15N5O5. The summed E-state index contributed by atoms with van der Waals surface area (Å²) in [5.41, 5.74) is 0.680. The molecule has 0 aliphatic carbocycles. The topological polar surface area (TPSA) is 121 Å². The molecule has 0 amide bonds. The quantitative estimate of drug-likeness (QED) is 0.519. The highest BCUT2D eigenvalue weighted by atomic mass is 16.5. The molecule has 3 aromatic rings. The van der Waals surface area contributed by atoms with Crippen LogP contribution >= 0.6 is 0 Å². The average molecular weight is 381 g/mol. The molecule has 10 heteroatoms. The number of methoxy groups -OCH3 is 2. The van der Waals surface area contributed by atoms with Crippen molar-refractivity contribution in [3.63, 3.8) is 0 Å². The van der Waals surface area contributed by atoms with Crippen molar-refractivity contribution < 1.29 is 23.5 Å². The number of ether oxygens (including phenoxy) is 2. The molecule has 0 fully saturated rings. The van der Waals surface area contributed by atoms with Gasteiger partial charge in [0.15, 0.2) is 5.76 Å². The summed E-state index contributed by atoms with van der Waals surface area (Å²) >= 11 is 0. The standard InChI is InChI=1S/C18H15N5O5/c1-26-11-6-3-5-10(9-11)15-13(16(24)12-7-4-8-28-12)14(17(25)27-2)19-18-20-21-22-23(15)18/h3-9,15H,1-2H3,(H,19,20,22)/t15-/m0/s1. The van der Waals surface area contributed by atoms with Gasteiger partial charge in [-0.25, -0.2) is 4.79 Å². The van der Waals surface area contributed by atoms with Crippen LogP contribution in [0.4, 0.5) is 5.95 Å². The number of hydrogen-bond acceptors (Lipinski definition) is 9. The van der Waals surface area contributed by atoms with Gasteiger partial charge in [-0.3, -0.25) is 4.79 Å². The summed E-state index contributed by atoms with van der Waals surface area (Å²) in [6.45, 7) is 0. The van der Waals surface area contributed by atoms with Crippen molar-refractivity contribution in [3.05, 3.63) is 65.3 Å². The molecule has 10 nitrogen and oxygen atoms in total. The lowest BCUT2D eigenvalue weighted by Gasteiger charge is -2.27. The number of furan rings is 1. The van der Waals surface area contributed by atoms with Crippen molar-refractivity contribution in [1.82, 2.24) is 20.2 Å². The number of tetrazole rings is 1. The van der Waals surface area contributed by atoms with Gasteiger partial charge in [-0.15, -0.1) is 0 Å². The molecule has 4 rings (SSSR count). The molecule has 0 spiro atoms. The number of esters is 1. The van der Waals surface area contributed by atoms with Crippen molar-refractivity contribution in [3.8, 4) is 5.75 Å². The Labute approximate surface area is 158 Å². The van der Waals surface area contributed by atoms with E-state index in [0.717, 1.165) is 0 Å². The Balaban J connectivity index is 1.96. The molecule has 0 radical (unpaired) electrons. The van der Waals surface area contributed by atoms with E-state index in [1.165, 1.54) is 31.2 Å². The van der Waals surface area contributed by atoms with E-state index in [2.05, 4.69) is 20.8 Å². The predicted molar refractivity (Wildman–Crippen MR) is 94.7 cm³/mol. The highest BCUT2D eigenvalue weighted by Gasteiger charge is 2.39. The van der Waals surface area contributed by atoms with Crippen LogP contribution in [-0.2, 0) is 9.53 Å². The first-order valence-electron chi connectivity index (χ1n) is 8.23. The zero-order valence-corrected chi connectivity index (χ0v) is 14.9. The Kier molecular flexibility index (Phi) is 4.36. The fourth-order valence-electron chi connectivity index (χ4n) is 3.05. The van der Waals surface area contributed by atoms with E-state index in [4.69, 9.17) is 13.9 Å². The third kappa shape index (κ3) is 2.80. The van der Waals surface area contributed by atoms with Crippen molar-refractivity contribution >= 4 is 17.7 Å². The number of carbonyl (C=O) groups excluding carboxylic acids is 2. The summed E-state index contributed by atoms with van der Waals surface area (Å²) in [6, 6.07) is 9.37. The zero-order chi connectivity index (χ0) is 19.7. The SMILES string of the molecule is COC(=O)C1=C(C(=O)c2ccco2)[C@H](c2cccc(OC)c2)n2nnnc2N1. The first-order valence-corrected chi connectivity index (χ1v) is 8.23. The molecule has 3 heterocycles. The van der Waals surface area contributed by atoms with Crippen LogP contribution in [0, 0.1) is 0 Å². The molecule has 1 aliphatic rings. The van der Waals surface area contributed by atoms with Gasteiger partial charge in [0.05, 0.1) is 26.1 Å². The van der Waals surface area contributed by atoms with Crippen molar-refractivity contribution in [2.45, 2.75) is 6.04 Å². The van der Waals surface area contributed by atoms with Gasteiger partial charge >= 0.3 is 5.97 Å². The van der Waals surface area contributed by atoms with Gasteiger partial charge in [0.1, 0.15) is 17.5 Å². The van der Waals surface area contributed by atoms with Crippen molar-refractivity contribution in [2.75, 3.05) is 19.5 Å². The molecule has 0 saturated carbocycles. The molecule has 0 unspecified atom stereocenters. The Morgan fingerprint density at radius 3 is 2.79 bits per heavy atom. The van der Waals surface area contributed by atoms with E-state index in [0.29, 0.717) is 11.3 Å². The van der Waals surface area contributed by atoms with Crippen LogP contribution in [-0.4, -0.2) is 46.2 Å². The lowest BCUT2D eigenvalue weighted by atomic mass is 9.91. The summed E-state index contributed by atoms with van der Waals surface area (Å²) in [7, 11) is 2.76. The smallest absolute Gasteiger partial charge is 0.355 e. The number of fused-ring (bicyclic) bond motifs is 1. The summed E-state index contributed by atoms with van der Waals surface area (Å²) < 4.78 is 16.8. The average Bonchev–Trinajstić information content (AvgIpc) is 3.43. The molecule has 0 saturated heterocycles. The van der Waals surface area contributed by atoms with E-state index in [1.807, 2.05) is 0 Å². The normalized spacial score (nSPS) is 15.6. The highest BCUT2D eigenvalue weighted by molar-refractivity contribution is 6.13. The lowest BCUT2D eigenvalue weighted by molar-refractivity contribution is -0.136. The van der Waals surface area contributed by atoms with E-state index >= 15 is 0 Å².